The Hall–Kier alpha value is -3.26. The number of pyridine rings is 1. The molecule has 1 aromatic heterocycles. The minimum absolute atomic E-state index is 0.0536. The lowest BCUT2D eigenvalue weighted by atomic mass is 9.95. The average molecular weight is 439 g/mol. The Balaban J connectivity index is 1.27. The zero-order valence-corrected chi connectivity index (χ0v) is 17.7. The monoisotopic (exact) mass is 439 g/mol. The van der Waals surface area contributed by atoms with Gasteiger partial charge in [-0.2, -0.15) is 0 Å². The van der Waals surface area contributed by atoms with E-state index in [4.69, 9.17) is 4.74 Å². The van der Waals surface area contributed by atoms with E-state index in [1.165, 1.54) is 12.1 Å². The lowest BCUT2D eigenvalue weighted by Crippen LogP contribution is -2.38. The Labute approximate surface area is 185 Å². The molecule has 1 atom stereocenters. The molecular weight excluding hydrogens is 413 g/mol. The maximum atomic E-state index is 13.0. The maximum absolute atomic E-state index is 13.0. The molecule has 1 saturated heterocycles. The number of ether oxygens (including phenoxy) is 1. The Kier molecular flexibility index (Phi) is 6.80. The maximum Gasteiger partial charge on any atom is 0.246 e. The van der Waals surface area contributed by atoms with Gasteiger partial charge in [0.2, 0.25) is 11.8 Å². The molecule has 0 radical (unpaired) electrons. The molecule has 0 aliphatic carbocycles. The number of aliphatic hydroxyl groups excluding tert-OH is 1. The molecule has 1 fully saturated rings. The Morgan fingerprint density at radius 2 is 2.03 bits per heavy atom. The van der Waals surface area contributed by atoms with Crippen molar-refractivity contribution in [2.24, 2.45) is 11.8 Å². The standard InChI is InChI=1S/C24H26FN3O4/c25-20-2-4-21(5-3-20)32-15-16-7-9-28(10-8-16)22(30)6-1-17-11-18-12-19(14-29)24(31)27-23(18)26-13-17/h1-6,11,13,16,19,29H,7-10,12,14-15H2,(H,26,27,31)/b6-1+. The van der Waals surface area contributed by atoms with Gasteiger partial charge in [-0.25, -0.2) is 9.37 Å². The molecule has 2 aromatic rings. The van der Waals surface area contributed by atoms with Crippen molar-refractivity contribution in [1.82, 2.24) is 9.88 Å². The lowest BCUT2D eigenvalue weighted by molar-refractivity contribution is -0.127. The van der Waals surface area contributed by atoms with Crippen LogP contribution in [-0.2, 0) is 16.0 Å². The minimum atomic E-state index is -0.474. The van der Waals surface area contributed by atoms with Gasteiger partial charge in [-0.1, -0.05) is 0 Å². The zero-order chi connectivity index (χ0) is 22.5. The Morgan fingerprint density at radius 3 is 2.75 bits per heavy atom. The third kappa shape index (κ3) is 5.31. The van der Waals surface area contributed by atoms with Crippen molar-refractivity contribution in [2.75, 3.05) is 31.6 Å². The number of nitrogens with one attached hydrogen (secondary N) is 1. The van der Waals surface area contributed by atoms with Crippen LogP contribution in [0.1, 0.15) is 24.0 Å². The fourth-order valence-corrected chi connectivity index (χ4v) is 3.95. The van der Waals surface area contributed by atoms with Gasteiger partial charge < -0.3 is 20.1 Å². The SMILES string of the molecule is O=C1Nc2ncc(/C=C/C(=O)N3CCC(COc4ccc(F)cc4)CC3)cc2CC1CO. The molecule has 0 spiro atoms. The molecular formula is C24H26FN3O4. The fourth-order valence-electron chi connectivity index (χ4n) is 3.95. The van der Waals surface area contributed by atoms with Gasteiger partial charge in [-0.3, -0.25) is 9.59 Å². The van der Waals surface area contributed by atoms with Crippen LogP contribution >= 0.6 is 0 Å². The molecule has 0 bridgehead atoms. The van der Waals surface area contributed by atoms with Gasteiger partial charge in [0.1, 0.15) is 17.4 Å². The van der Waals surface area contributed by atoms with Gasteiger partial charge >= 0.3 is 0 Å². The number of piperidine rings is 1. The number of benzene rings is 1. The van der Waals surface area contributed by atoms with Crippen molar-refractivity contribution in [3.8, 4) is 5.75 Å². The normalized spacial score (nSPS) is 19.0. The van der Waals surface area contributed by atoms with Gasteiger partial charge in [-0.05, 0) is 72.7 Å². The molecule has 4 rings (SSSR count). The molecule has 1 unspecified atom stereocenters. The molecule has 2 N–H and O–H groups in total. The van der Waals surface area contributed by atoms with E-state index in [0.717, 1.165) is 24.0 Å². The summed E-state index contributed by atoms with van der Waals surface area (Å²) in [6.07, 6.45) is 7.01. The van der Waals surface area contributed by atoms with Crippen LogP contribution in [0.5, 0.6) is 5.75 Å². The first-order valence-electron chi connectivity index (χ1n) is 10.8. The van der Waals surface area contributed by atoms with Crippen molar-refractivity contribution >= 4 is 23.7 Å². The van der Waals surface area contributed by atoms with Crippen molar-refractivity contribution in [3.05, 3.63) is 59.5 Å². The highest BCUT2D eigenvalue weighted by atomic mass is 19.1. The predicted octanol–water partition coefficient (Wildman–Crippen LogP) is 2.65. The van der Waals surface area contributed by atoms with Crippen molar-refractivity contribution in [1.29, 1.82) is 0 Å². The van der Waals surface area contributed by atoms with E-state index in [2.05, 4.69) is 10.3 Å². The predicted molar refractivity (Wildman–Crippen MR) is 117 cm³/mol. The number of carbonyl (C=O) groups is 2. The number of nitrogens with zero attached hydrogens (tertiary/aromatic N) is 2. The molecule has 2 amide bonds. The number of carbonyl (C=O) groups excluding carboxylic acids is 2. The molecule has 2 aliphatic rings. The number of aromatic nitrogens is 1. The summed E-state index contributed by atoms with van der Waals surface area (Å²) in [6, 6.07) is 7.87. The summed E-state index contributed by atoms with van der Waals surface area (Å²) in [5, 5.41) is 12.0. The number of halogens is 1. The molecule has 3 heterocycles. The number of amides is 2. The second-order valence-corrected chi connectivity index (χ2v) is 8.22. The third-order valence-electron chi connectivity index (χ3n) is 5.93. The first-order chi connectivity index (χ1) is 15.5. The summed E-state index contributed by atoms with van der Waals surface area (Å²) in [5.74, 6) is 0.472. The quantitative estimate of drug-likeness (QED) is 0.676. The van der Waals surface area contributed by atoms with Gasteiger partial charge in [0.15, 0.2) is 0 Å². The fraction of sp³-hybridized carbons (Fsp3) is 0.375. The first kappa shape index (κ1) is 22.0. The summed E-state index contributed by atoms with van der Waals surface area (Å²) < 4.78 is 18.7. The highest BCUT2D eigenvalue weighted by molar-refractivity contribution is 5.95. The summed E-state index contributed by atoms with van der Waals surface area (Å²) in [7, 11) is 0. The number of aliphatic hydroxyl groups is 1. The number of likely N-dealkylation sites (tertiary alicyclic amines) is 1. The van der Waals surface area contributed by atoms with Gasteiger partial charge in [-0.15, -0.1) is 0 Å². The van der Waals surface area contributed by atoms with E-state index in [1.54, 1.807) is 30.5 Å². The van der Waals surface area contributed by atoms with Crippen LogP contribution in [0.15, 0.2) is 42.6 Å². The Morgan fingerprint density at radius 1 is 1.28 bits per heavy atom. The molecule has 168 valence electrons. The number of hydrogen-bond acceptors (Lipinski definition) is 5. The van der Waals surface area contributed by atoms with E-state index >= 15 is 0 Å². The van der Waals surface area contributed by atoms with Crippen molar-refractivity contribution < 1.29 is 23.8 Å². The van der Waals surface area contributed by atoms with Crippen LogP contribution in [0, 0.1) is 17.7 Å². The summed E-state index contributed by atoms with van der Waals surface area (Å²) in [6.45, 7) is 1.66. The van der Waals surface area contributed by atoms with Crippen LogP contribution in [0.3, 0.4) is 0 Å². The molecule has 32 heavy (non-hydrogen) atoms. The molecule has 0 saturated carbocycles. The van der Waals surface area contributed by atoms with E-state index in [1.807, 2.05) is 11.0 Å². The molecule has 2 aliphatic heterocycles. The van der Waals surface area contributed by atoms with Crippen molar-refractivity contribution in [2.45, 2.75) is 19.3 Å². The largest absolute Gasteiger partial charge is 0.493 e. The van der Waals surface area contributed by atoms with E-state index < -0.39 is 5.92 Å². The number of fused-ring (bicyclic) bond motifs is 1. The topological polar surface area (TPSA) is 91.8 Å². The van der Waals surface area contributed by atoms with E-state index in [-0.39, 0.29) is 24.2 Å². The van der Waals surface area contributed by atoms with Crippen molar-refractivity contribution in [3.63, 3.8) is 0 Å². The lowest BCUT2D eigenvalue weighted by Gasteiger charge is -2.31. The van der Waals surface area contributed by atoms with Gasteiger partial charge in [0.05, 0.1) is 19.1 Å². The highest BCUT2D eigenvalue weighted by Gasteiger charge is 2.26. The van der Waals surface area contributed by atoms with Crippen LogP contribution in [0.2, 0.25) is 0 Å². The number of rotatable bonds is 6. The second-order valence-electron chi connectivity index (χ2n) is 8.22. The molecule has 7 nitrogen and oxygen atoms in total. The van der Waals surface area contributed by atoms with E-state index in [0.29, 0.717) is 43.6 Å². The average Bonchev–Trinajstić information content (AvgIpc) is 2.82. The second kappa shape index (κ2) is 9.91. The highest BCUT2D eigenvalue weighted by Crippen LogP contribution is 2.25. The number of anilines is 1. The van der Waals surface area contributed by atoms with Crippen LogP contribution < -0.4 is 10.1 Å². The van der Waals surface area contributed by atoms with E-state index in [9.17, 15) is 19.1 Å². The molecule has 1 aromatic carbocycles. The summed E-state index contributed by atoms with van der Waals surface area (Å²) in [4.78, 5) is 30.5. The van der Waals surface area contributed by atoms with Crippen LogP contribution in [0.25, 0.3) is 6.08 Å². The zero-order valence-electron chi connectivity index (χ0n) is 17.7. The third-order valence-corrected chi connectivity index (χ3v) is 5.93. The molecule has 8 heteroatoms. The minimum Gasteiger partial charge on any atom is -0.493 e. The van der Waals surface area contributed by atoms with Crippen LogP contribution in [0.4, 0.5) is 10.2 Å². The summed E-state index contributed by atoms with van der Waals surface area (Å²) in [5.41, 5.74) is 1.62. The number of hydrogen-bond donors (Lipinski definition) is 2. The summed E-state index contributed by atoms with van der Waals surface area (Å²) >= 11 is 0. The van der Waals surface area contributed by atoms with Gasteiger partial charge in [0, 0.05) is 25.4 Å². The van der Waals surface area contributed by atoms with Crippen LogP contribution in [-0.4, -0.2) is 53.1 Å². The Bertz CT molecular complexity index is 1000. The smallest absolute Gasteiger partial charge is 0.246 e. The van der Waals surface area contributed by atoms with Gasteiger partial charge in [0.25, 0.3) is 0 Å². The first-order valence-corrected chi connectivity index (χ1v) is 10.8.